The maximum Gasteiger partial charge on any atom is 0.316 e. The van der Waals surface area contributed by atoms with E-state index in [4.69, 9.17) is 16.1 Å². The Hall–Kier alpha value is -3.52. The second-order valence-corrected chi connectivity index (χ2v) is 6.16. The summed E-state index contributed by atoms with van der Waals surface area (Å²) in [6, 6.07) is 14.6. The summed E-state index contributed by atoms with van der Waals surface area (Å²) in [5.74, 6) is -0.492. The van der Waals surface area contributed by atoms with E-state index in [2.05, 4.69) is 25.8 Å². The van der Waals surface area contributed by atoms with Crippen LogP contribution in [0.1, 0.15) is 16.2 Å². The summed E-state index contributed by atoms with van der Waals surface area (Å²) in [6.45, 7) is 1.89. The van der Waals surface area contributed by atoms with E-state index in [1.165, 1.54) is 4.68 Å². The van der Waals surface area contributed by atoms with E-state index in [1.54, 1.807) is 30.5 Å². The minimum absolute atomic E-state index is 0.162. The molecule has 0 atom stereocenters. The van der Waals surface area contributed by atoms with Crippen LogP contribution in [0, 0.1) is 6.92 Å². The highest BCUT2D eigenvalue weighted by molar-refractivity contribution is 6.30. The maximum absolute atomic E-state index is 12.3. The highest BCUT2D eigenvalue weighted by Gasteiger charge is 2.19. The Bertz CT molecular complexity index is 1120. The van der Waals surface area contributed by atoms with Crippen molar-refractivity contribution in [2.75, 3.05) is 5.32 Å². The van der Waals surface area contributed by atoms with E-state index < -0.39 is 5.91 Å². The van der Waals surface area contributed by atoms with Gasteiger partial charge in [0, 0.05) is 10.7 Å². The summed E-state index contributed by atoms with van der Waals surface area (Å²) in [5, 5.41) is 15.2. The summed E-state index contributed by atoms with van der Waals surface area (Å²) >= 11 is 5.99. The molecule has 0 unspecified atom stereocenters. The van der Waals surface area contributed by atoms with Crippen molar-refractivity contribution in [2.45, 2.75) is 6.92 Å². The molecule has 2 heterocycles. The minimum Gasteiger partial charge on any atom is -0.328 e. The summed E-state index contributed by atoms with van der Waals surface area (Å²) in [6.07, 6.45) is 1.62. The van der Waals surface area contributed by atoms with Gasteiger partial charge in [-0.25, -0.2) is 4.68 Å². The van der Waals surface area contributed by atoms with E-state index in [1.807, 2.05) is 31.2 Å². The van der Waals surface area contributed by atoms with Gasteiger partial charge in [-0.1, -0.05) is 46.2 Å². The number of aromatic nitrogens is 5. The lowest BCUT2D eigenvalue weighted by Crippen LogP contribution is -2.13. The van der Waals surface area contributed by atoms with Crippen molar-refractivity contribution in [3.8, 4) is 17.2 Å². The molecule has 0 saturated heterocycles. The molecule has 0 spiro atoms. The van der Waals surface area contributed by atoms with Crippen LogP contribution in [0.5, 0.6) is 0 Å². The van der Waals surface area contributed by atoms with Crippen molar-refractivity contribution in [1.29, 1.82) is 0 Å². The molecule has 0 aliphatic carbocycles. The quantitative estimate of drug-likeness (QED) is 0.581. The molecule has 2 aromatic carbocycles. The van der Waals surface area contributed by atoms with Crippen molar-refractivity contribution in [2.24, 2.45) is 0 Å². The number of benzene rings is 2. The number of aryl methyl sites for hydroxylation is 1. The van der Waals surface area contributed by atoms with Gasteiger partial charge in [0.15, 0.2) is 5.69 Å². The number of hydrogen-bond acceptors (Lipinski definition) is 6. The number of carbonyl (C=O) groups excluding carboxylic acids is 1. The lowest BCUT2D eigenvalue weighted by atomic mass is 10.2. The zero-order valence-corrected chi connectivity index (χ0v) is 14.9. The zero-order valence-electron chi connectivity index (χ0n) is 14.1. The summed E-state index contributed by atoms with van der Waals surface area (Å²) in [7, 11) is 0. The molecule has 2 aromatic heterocycles. The molecule has 4 aromatic rings. The molecule has 4 rings (SSSR count). The lowest BCUT2D eigenvalue weighted by molar-refractivity contribution is 0.0981. The average molecular weight is 381 g/mol. The first-order valence-corrected chi connectivity index (χ1v) is 8.37. The van der Waals surface area contributed by atoms with Gasteiger partial charge in [-0.2, -0.15) is 4.98 Å². The number of halogens is 1. The Morgan fingerprint density at radius 3 is 2.85 bits per heavy atom. The fourth-order valence-corrected chi connectivity index (χ4v) is 2.60. The highest BCUT2D eigenvalue weighted by atomic mass is 35.5. The van der Waals surface area contributed by atoms with Crippen LogP contribution in [0.2, 0.25) is 5.02 Å². The first-order valence-electron chi connectivity index (χ1n) is 7.99. The molecule has 0 radical (unpaired) electrons. The van der Waals surface area contributed by atoms with Crippen molar-refractivity contribution in [1.82, 2.24) is 25.1 Å². The van der Waals surface area contributed by atoms with E-state index >= 15 is 0 Å². The largest absolute Gasteiger partial charge is 0.328 e. The second-order valence-electron chi connectivity index (χ2n) is 5.72. The number of hydrogen-bond donors (Lipinski definition) is 1. The molecule has 0 bridgehead atoms. The van der Waals surface area contributed by atoms with Crippen LogP contribution < -0.4 is 5.32 Å². The molecular weight excluding hydrogens is 368 g/mol. The van der Waals surface area contributed by atoms with Gasteiger partial charge in [-0.05, 0) is 36.8 Å². The third kappa shape index (κ3) is 3.56. The van der Waals surface area contributed by atoms with Crippen LogP contribution >= 0.6 is 11.6 Å². The van der Waals surface area contributed by atoms with E-state index in [0.717, 1.165) is 11.3 Å². The van der Waals surface area contributed by atoms with Crippen molar-refractivity contribution < 1.29 is 9.32 Å². The molecule has 9 heteroatoms. The SMILES string of the molecule is Cc1ccccc1NC(=O)c1nc(-c2cn(-c3cccc(Cl)c3)nn2)no1. The fourth-order valence-electron chi connectivity index (χ4n) is 2.42. The minimum atomic E-state index is -0.495. The first kappa shape index (κ1) is 16.9. The molecule has 27 heavy (non-hydrogen) atoms. The van der Waals surface area contributed by atoms with Gasteiger partial charge in [0.1, 0.15) is 0 Å². The topological polar surface area (TPSA) is 98.7 Å². The number of nitrogens with zero attached hydrogens (tertiary/aromatic N) is 5. The predicted molar refractivity (Wildman–Crippen MR) is 98.8 cm³/mol. The lowest BCUT2D eigenvalue weighted by Gasteiger charge is -2.04. The van der Waals surface area contributed by atoms with Gasteiger partial charge in [-0.3, -0.25) is 4.79 Å². The number of nitrogens with one attached hydrogen (secondary N) is 1. The van der Waals surface area contributed by atoms with Crippen LogP contribution in [-0.4, -0.2) is 31.0 Å². The molecule has 0 saturated carbocycles. The highest BCUT2D eigenvalue weighted by Crippen LogP contribution is 2.18. The van der Waals surface area contributed by atoms with Crippen LogP contribution in [0.3, 0.4) is 0 Å². The van der Waals surface area contributed by atoms with E-state index in [-0.39, 0.29) is 11.7 Å². The third-order valence-corrected chi connectivity index (χ3v) is 4.04. The van der Waals surface area contributed by atoms with Gasteiger partial charge in [-0.15, -0.1) is 5.10 Å². The van der Waals surface area contributed by atoms with Crippen LogP contribution in [0.4, 0.5) is 5.69 Å². The summed E-state index contributed by atoms with van der Waals surface area (Å²) < 4.78 is 6.59. The average Bonchev–Trinajstić information content (AvgIpc) is 3.33. The molecule has 8 nitrogen and oxygen atoms in total. The number of amides is 1. The second kappa shape index (κ2) is 7.00. The number of carbonyl (C=O) groups is 1. The molecular formula is C18H13ClN6O2. The summed E-state index contributed by atoms with van der Waals surface area (Å²) in [4.78, 5) is 16.4. The molecule has 1 N–H and O–H groups in total. The number of para-hydroxylation sites is 1. The van der Waals surface area contributed by atoms with Gasteiger partial charge in [0.2, 0.25) is 5.82 Å². The Morgan fingerprint density at radius 1 is 1.19 bits per heavy atom. The predicted octanol–water partition coefficient (Wildman–Crippen LogP) is 3.53. The normalized spacial score (nSPS) is 10.7. The Labute approximate surface area is 158 Å². The third-order valence-electron chi connectivity index (χ3n) is 3.81. The van der Waals surface area contributed by atoms with Crippen LogP contribution in [0.25, 0.3) is 17.2 Å². The molecule has 134 valence electrons. The molecule has 0 fully saturated rings. The van der Waals surface area contributed by atoms with Gasteiger partial charge < -0.3 is 9.84 Å². The van der Waals surface area contributed by atoms with Crippen molar-refractivity contribution >= 4 is 23.2 Å². The Balaban J connectivity index is 1.54. The number of rotatable bonds is 4. The van der Waals surface area contributed by atoms with Gasteiger partial charge in [0.05, 0.1) is 11.9 Å². The van der Waals surface area contributed by atoms with Crippen molar-refractivity contribution in [3.63, 3.8) is 0 Å². The zero-order chi connectivity index (χ0) is 18.8. The van der Waals surface area contributed by atoms with Gasteiger partial charge >= 0.3 is 11.8 Å². The monoisotopic (exact) mass is 380 g/mol. The fraction of sp³-hybridized carbons (Fsp3) is 0.0556. The molecule has 0 aliphatic heterocycles. The standard InChI is InChI=1S/C18H13ClN6O2/c1-11-5-2-3-8-14(11)20-17(26)18-21-16(23-27-18)15-10-25(24-22-15)13-7-4-6-12(19)9-13/h2-10H,1H3,(H,20,26). The Kier molecular flexibility index (Phi) is 4.39. The molecule has 0 aliphatic rings. The summed E-state index contributed by atoms with van der Waals surface area (Å²) in [5.41, 5.74) is 2.71. The first-order chi connectivity index (χ1) is 13.1. The van der Waals surface area contributed by atoms with Gasteiger partial charge in [0.25, 0.3) is 0 Å². The van der Waals surface area contributed by atoms with Crippen LogP contribution in [-0.2, 0) is 0 Å². The smallest absolute Gasteiger partial charge is 0.316 e. The molecule has 1 amide bonds. The van der Waals surface area contributed by atoms with E-state index in [0.29, 0.717) is 16.4 Å². The number of anilines is 1. The van der Waals surface area contributed by atoms with E-state index in [9.17, 15) is 4.79 Å². The Morgan fingerprint density at radius 2 is 2.04 bits per heavy atom. The maximum atomic E-state index is 12.3. The van der Waals surface area contributed by atoms with Crippen LogP contribution in [0.15, 0.2) is 59.3 Å². The van der Waals surface area contributed by atoms with Crippen molar-refractivity contribution in [3.05, 3.63) is 71.2 Å².